The van der Waals surface area contributed by atoms with Crippen molar-refractivity contribution in [1.29, 1.82) is 0 Å². The molecule has 0 bridgehead atoms. The fourth-order valence-electron chi connectivity index (χ4n) is 3.82. The van der Waals surface area contributed by atoms with Crippen molar-refractivity contribution in [3.05, 3.63) is 95.1 Å². The minimum absolute atomic E-state index is 0. The number of sulfonamides is 1. The number of hydrogen-bond donors (Lipinski definition) is 2. The van der Waals surface area contributed by atoms with Crippen molar-refractivity contribution in [1.82, 2.24) is 10.0 Å². The van der Waals surface area contributed by atoms with E-state index < -0.39 is 22.1 Å². The first kappa shape index (κ1) is 26.0. The Hall–Kier alpha value is -3.65. The summed E-state index contributed by atoms with van der Waals surface area (Å²) in [6, 6.07) is 19.5. The van der Waals surface area contributed by atoms with Gasteiger partial charge in [-0.15, -0.1) is 0 Å². The molecule has 8 heteroatoms. The molecule has 0 saturated heterocycles. The monoisotopic (exact) mass is 497 g/mol. The molecule has 188 valence electrons. The molecule has 0 aliphatic carbocycles. The Morgan fingerprint density at radius 1 is 0.886 bits per heavy atom. The number of carbonyl (C=O) groups is 2. The number of carbonyl (C=O) groups excluding carboxylic acids is 2. The van der Waals surface area contributed by atoms with Gasteiger partial charge in [-0.25, -0.2) is 17.9 Å². The molecule has 3 aromatic carbocycles. The van der Waals surface area contributed by atoms with Crippen LogP contribution in [0.25, 0.3) is 0 Å². The van der Waals surface area contributed by atoms with E-state index in [1.165, 1.54) is 6.07 Å². The van der Waals surface area contributed by atoms with E-state index in [2.05, 4.69) is 5.32 Å². The standard InChI is InChI=1S/C27H31N3O4S.2H2/c1-5-30(23-16-15-19(2)21(4)17-23)26(31)24(18-22-12-7-6-8-13-22)28-27(32)29-35(33,34)25-14-10-9-11-20(25)3;;/h6-17,24H,5,18H2,1-4H3,(H2,28,29,32);2*1H/t24-;;/m0../s1. The van der Waals surface area contributed by atoms with Gasteiger partial charge in [0.2, 0.25) is 5.91 Å². The van der Waals surface area contributed by atoms with Crippen LogP contribution in [0.2, 0.25) is 0 Å². The Kier molecular flexibility index (Phi) is 8.30. The Balaban J connectivity index is 0.00000342. The number of amides is 3. The second kappa shape index (κ2) is 11.2. The van der Waals surface area contributed by atoms with Gasteiger partial charge in [-0.1, -0.05) is 54.6 Å². The summed E-state index contributed by atoms with van der Waals surface area (Å²) >= 11 is 0. The fraction of sp³-hybridized carbons (Fsp3) is 0.259. The predicted molar refractivity (Wildman–Crippen MR) is 142 cm³/mol. The number of urea groups is 1. The molecule has 0 aliphatic heterocycles. The Bertz CT molecular complexity index is 1320. The number of nitrogens with zero attached hydrogens (tertiary/aromatic N) is 1. The van der Waals surface area contributed by atoms with Crippen molar-refractivity contribution in [2.75, 3.05) is 11.4 Å². The van der Waals surface area contributed by atoms with Crippen LogP contribution in [0.5, 0.6) is 0 Å². The Morgan fingerprint density at radius 3 is 2.17 bits per heavy atom. The third-order valence-electron chi connectivity index (χ3n) is 5.88. The van der Waals surface area contributed by atoms with Crippen LogP contribution in [0.1, 0.15) is 32.0 Å². The van der Waals surface area contributed by atoms with Crippen molar-refractivity contribution in [3.8, 4) is 0 Å². The van der Waals surface area contributed by atoms with E-state index in [9.17, 15) is 18.0 Å². The summed E-state index contributed by atoms with van der Waals surface area (Å²) < 4.78 is 27.6. The smallest absolute Gasteiger partial charge is 0.325 e. The number of aryl methyl sites for hydroxylation is 3. The minimum atomic E-state index is -4.11. The average molecular weight is 498 g/mol. The summed E-state index contributed by atoms with van der Waals surface area (Å²) in [5, 5.41) is 2.60. The molecule has 3 rings (SSSR count). The van der Waals surface area contributed by atoms with Gasteiger partial charge in [-0.2, -0.15) is 0 Å². The average Bonchev–Trinajstić information content (AvgIpc) is 2.81. The molecule has 0 spiro atoms. The molecular formula is C27H35N3O4S. The van der Waals surface area contributed by atoms with Gasteiger partial charge >= 0.3 is 6.03 Å². The molecule has 3 aromatic rings. The number of likely N-dealkylation sites (N-methyl/N-ethyl adjacent to an activating group) is 1. The van der Waals surface area contributed by atoms with Crippen LogP contribution in [0, 0.1) is 20.8 Å². The topological polar surface area (TPSA) is 95.6 Å². The van der Waals surface area contributed by atoms with Gasteiger partial charge in [0, 0.05) is 21.5 Å². The molecule has 0 fully saturated rings. The predicted octanol–water partition coefficient (Wildman–Crippen LogP) is 4.76. The van der Waals surface area contributed by atoms with E-state index in [4.69, 9.17) is 0 Å². The maximum absolute atomic E-state index is 13.6. The molecule has 1 atom stereocenters. The molecule has 0 unspecified atom stereocenters. The maximum Gasteiger partial charge on any atom is 0.329 e. The molecule has 35 heavy (non-hydrogen) atoms. The van der Waals surface area contributed by atoms with Gasteiger partial charge in [0.05, 0.1) is 4.90 Å². The first-order valence-electron chi connectivity index (χ1n) is 11.4. The second-order valence-electron chi connectivity index (χ2n) is 8.44. The Labute approximate surface area is 210 Å². The van der Waals surface area contributed by atoms with Crippen molar-refractivity contribution in [2.45, 2.75) is 45.1 Å². The summed E-state index contributed by atoms with van der Waals surface area (Å²) in [5.74, 6) is -0.331. The highest BCUT2D eigenvalue weighted by molar-refractivity contribution is 7.90. The molecule has 0 saturated carbocycles. The van der Waals surface area contributed by atoms with Gasteiger partial charge < -0.3 is 10.2 Å². The lowest BCUT2D eigenvalue weighted by molar-refractivity contribution is -0.120. The summed E-state index contributed by atoms with van der Waals surface area (Å²) in [4.78, 5) is 28.1. The van der Waals surface area contributed by atoms with Crippen molar-refractivity contribution in [2.24, 2.45) is 0 Å². The number of nitrogens with one attached hydrogen (secondary N) is 2. The second-order valence-corrected chi connectivity index (χ2v) is 10.1. The first-order chi connectivity index (χ1) is 16.6. The molecule has 0 aliphatic rings. The van der Waals surface area contributed by atoms with Crippen LogP contribution >= 0.6 is 0 Å². The molecular weight excluding hydrogens is 462 g/mol. The largest absolute Gasteiger partial charge is 0.329 e. The highest BCUT2D eigenvalue weighted by Crippen LogP contribution is 2.20. The molecule has 0 radical (unpaired) electrons. The van der Waals surface area contributed by atoms with Crippen LogP contribution in [-0.4, -0.2) is 32.9 Å². The maximum atomic E-state index is 13.6. The van der Waals surface area contributed by atoms with E-state index in [0.717, 1.165) is 16.7 Å². The molecule has 2 N–H and O–H groups in total. The highest BCUT2D eigenvalue weighted by Gasteiger charge is 2.28. The van der Waals surface area contributed by atoms with Gasteiger partial charge in [0.15, 0.2) is 0 Å². The lowest BCUT2D eigenvalue weighted by Gasteiger charge is -2.28. The quantitative estimate of drug-likeness (QED) is 0.469. The highest BCUT2D eigenvalue weighted by atomic mass is 32.2. The zero-order valence-electron chi connectivity index (χ0n) is 20.4. The van der Waals surface area contributed by atoms with Gasteiger partial charge in [0.1, 0.15) is 6.04 Å². The van der Waals surface area contributed by atoms with E-state index in [1.54, 1.807) is 30.0 Å². The van der Waals surface area contributed by atoms with Gasteiger partial charge in [0.25, 0.3) is 10.0 Å². The number of anilines is 1. The first-order valence-corrected chi connectivity index (χ1v) is 12.9. The number of rotatable bonds is 8. The minimum Gasteiger partial charge on any atom is -0.325 e. The summed E-state index contributed by atoms with van der Waals surface area (Å²) in [5.41, 5.74) is 4.22. The normalized spacial score (nSPS) is 12.0. The SMILES string of the molecule is CCN(C(=O)[C@H](Cc1ccccc1)NC(=O)NS(=O)(=O)c1ccccc1C)c1ccc(C)c(C)c1.[HH].[HH]. The van der Waals surface area contributed by atoms with E-state index in [0.29, 0.717) is 17.8 Å². The molecule has 7 nitrogen and oxygen atoms in total. The fourth-order valence-corrected chi connectivity index (χ4v) is 4.98. The van der Waals surface area contributed by atoms with E-state index >= 15 is 0 Å². The van der Waals surface area contributed by atoms with E-state index in [-0.39, 0.29) is 20.1 Å². The number of hydrogen-bond acceptors (Lipinski definition) is 4. The van der Waals surface area contributed by atoms with Crippen LogP contribution in [0.3, 0.4) is 0 Å². The molecule has 0 heterocycles. The summed E-state index contributed by atoms with van der Waals surface area (Å²) in [6.45, 7) is 7.86. The Morgan fingerprint density at radius 2 is 1.54 bits per heavy atom. The zero-order chi connectivity index (χ0) is 25.6. The van der Waals surface area contributed by atoms with Crippen molar-refractivity contribution < 1.29 is 20.9 Å². The van der Waals surface area contributed by atoms with Crippen LogP contribution in [-0.2, 0) is 21.2 Å². The summed E-state index contributed by atoms with van der Waals surface area (Å²) in [6.07, 6.45) is 0.207. The lowest BCUT2D eigenvalue weighted by Crippen LogP contribution is -2.53. The van der Waals surface area contributed by atoms with Gasteiger partial charge in [-0.05, 0) is 68.1 Å². The lowest BCUT2D eigenvalue weighted by atomic mass is 10.0. The summed E-state index contributed by atoms with van der Waals surface area (Å²) in [7, 11) is -4.11. The molecule has 3 amide bonds. The van der Waals surface area contributed by atoms with Crippen LogP contribution < -0.4 is 14.9 Å². The van der Waals surface area contributed by atoms with Crippen LogP contribution in [0.4, 0.5) is 10.5 Å². The van der Waals surface area contributed by atoms with Crippen molar-refractivity contribution >= 4 is 27.6 Å². The van der Waals surface area contributed by atoms with Crippen LogP contribution in [0.15, 0.2) is 77.7 Å². The third-order valence-corrected chi connectivity index (χ3v) is 7.37. The number of benzene rings is 3. The molecule has 0 aromatic heterocycles. The third kappa shape index (κ3) is 6.48. The zero-order valence-corrected chi connectivity index (χ0v) is 21.2. The van der Waals surface area contributed by atoms with Crippen molar-refractivity contribution in [3.63, 3.8) is 0 Å². The van der Waals surface area contributed by atoms with E-state index in [1.807, 2.05) is 74.0 Å². The van der Waals surface area contributed by atoms with Gasteiger partial charge in [-0.3, -0.25) is 4.79 Å².